The van der Waals surface area contributed by atoms with E-state index in [4.69, 9.17) is 4.52 Å². The number of aromatic nitrogens is 1. The lowest BCUT2D eigenvalue weighted by molar-refractivity contribution is -0.125. The number of hydrogen-bond donors (Lipinski definition) is 0. The van der Waals surface area contributed by atoms with Crippen molar-refractivity contribution in [1.29, 1.82) is 0 Å². The molecule has 3 heterocycles. The van der Waals surface area contributed by atoms with E-state index in [-0.39, 0.29) is 11.7 Å². The highest BCUT2D eigenvalue weighted by atomic mass is 32.1. The largest absolute Gasteiger partial charge is 0.355 e. The van der Waals surface area contributed by atoms with Crippen LogP contribution in [0.1, 0.15) is 49.5 Å². The van der Waals surface area contributed by atoms with Crippen LogP contribution in [0.15, 0.2) is 28.1 Å². The molecule has 134 valence electrons. The third-order valence-electron chi connectivity index (χ3n) is 4.72. The van der Waals surface area contributed by atoms with E-state index in [2.05, 4.69) is 10.1 Å². The number of likely N-dealkylation sites (tertiary alicyclic amines) is 1. The monoisotopic (exact) mass is 360 g/mol. The zero-order valence-electron chi connectivity index (χ0n) is 14.6. The Morgan fingerprint density at radius 3 is 2.80 bits per heavy atom. The first-order valence-electron chi connectivity index (χ1n) is 8.90. The second-order valence-electron chi connectivity index (χ2n) is 6.71. The number of carbonyl (C=O) groups excluding carboxylic acids is 2. The molecule has 0 aliphatic carbocycles. The van der Waals surface area contributed by atoms with E-state index in [0.29, 0.717) is 23.7 Å². The predicted octanol–water partition coefficient (Wildman–Crippen LogP) is 4.06. The van der Waals surface area contributed by atoms with Crippen molar-refractivity contribution in [2.24, 2.45) is 5.92 Å². The first-order valence-corrected chi connectivity index (χ1v) is 9.78. The number of nitrogens with zero attached hydrogens (tertiary/aromatic N) is 2. The molecule has 2 aromatic heterocycles. The minimum Gasteiger partial charge on any atom is -0.355 e. The molecule has 6 heteroatoms. The molecule has 5 nitrogen and oxygen atoms in total. The van der Waals surface area contributed by atoms with Gasteiger partial charge in [-0.05, 0) is 37.8 Å². The standard InChI is InChI=1S/C19H24N2O3S/c1-14(22)15-12-21(13-15)9-5-3-2-4-7-17(23)16-11-18(24-20-16)19-8-6-10-25-19/h6,8,10-11,15H,2-5,7,9,12-13H2,1H3. The van der Waals surface area contributed by atoms with Crippen LogP contribution in [0.2, 0.25) is 0 Å². The lowest BCUT2D eigenvalue weighted by Gasteiger charge is -2.37. The fourth-order valence-corrected chi connectivity index (χ4v) is 3.73. The zero-order valence-corrected chi connectivity index (χ0v) is 15.4. The van der Waals surface area contributed by atoms with Crippen molar-refractivity contribution in [1.82, 2.24) is 10.1 Å². The topological polar surface area (TPSA) is 63.4 Å². The first-order chi connectivity index (χ1) is 12.1. The van der Waals surface area contributed by atoms with Gasteiger partial charge in [-0.15, -0.1) is 11.3 Å². The Labute approximate surface area is 152 Å². The van der Waals surface area contributed by atoms with Crippen LogP contribution in [0.3, 0.4) is 0 Å². The second kappa shape index (κ2) is 8.54. The van der Waals surface area contributed by atoms with Gasteiger partial charge in [-0.25, -0.2) is 0 Å². The fourth-order valence-electron chi connectivity index (χ4n) is 3.05. The lowest BCUT2D eigenvalue weighted by atomic mass is 9.96. The Kier molecular flexibility index (Phi) is 6.15. The Hall–Kier alpha value is -1.79. The summed E-state index contributed by atoms with van der Waals surface area (Å²) >= 11 is 1.57. The zero-order chi connectivity index (χ0) is 17.6. The Balaban J connectivity index is 1.28. The molecule has 2 aromatic rings. The Morgan fingerprint density at radius 1 is 1.28 bits per heavy atom. The number of ketones is 2. The highest BCUT2D eigenvalue weighted by Crippen LogP contribution is 2.25. The molecule has 0 radical (unpaired) electrons. The summed E-state index contributed by atoms with van der Waals surface area (Å²) in [5, 5.41) is 5.87. The summed E-state index contributed by atoms with van der Waals surface area (Å²) in [6.07, 6.45) is 4.70. The minimum absolute atomic E-state index is 0.0543. The van der Waals surface area contributed by atoms with Crippen molar-refractivity contribution in [2.45, 2.75) is 39.0 Å². The maximum Gasteiger partial charge on any atom is 0.184 e. The van der Waals surface area contributed by atoms with Gasteiger partial charge in [0.2, 0.25) is 0 Å². The third-order valence-corrected chi connectivity index (χ3v) is 5.60. The fraction of sp³-hybridized carbons (Fsp3) is 0.526. The summed E-state index contributed by atoms with van der Waals surface area (Å²) in [6, 6.07) is 5.64. The molecule has 0 saturated carbocycles. The number of Topliss-reactive ketones (excluding diaryl/α,β-unsaturated/α-hetero) is 2. The quantitative estimate of drug-likeness (QED) is 0.472. The average molecular weight is 360 g/mol. The van der Waals surface area contributed by atoms with E-state index in [1.165, 1.54) is 0 Å². The van der Waals surface area contributed by atoms with Gasteiger partial charge in [-0.2, -0.15) is 0 Å². The molecule has 0 spiro atoms. The molecule has 0 N–H and O–H groups in total. The van der Waals surface area contributed by atoms with E-state index in [1.807, 2.05) is 17.5 Å². The summed E-state index contributed by atoms with van der Waals surface area (Å²) < 4.78 is 5.26. The summed E-state index contributed by atoms with van der Waals surface area (Å²) in [5.74, 6) is 1.29. The molecular weight excluding hydrogens is 336 g/mol. The first kappa shape index (κ1) is 18.0. The van der Waals surface area contributed by atoms with E-state index in [9.17, 15) is 9.59 Å². The van der Waals surface area contributed by atoms with Crippen LogP contribution >= 0.6 is 11.3 Å². The molecule has 1 aliphatic rings. The molecular formula is C19H24N2O3S. The van der Waals surface area contributed by atoms with E-state index in [0.717, 1.165) is 50.2 Å². The van der Waals surface area contributed by atoms with E-state index in [1.54, 1.807) is 24.3 Å². The molecule has 0 unspecified atom stereocenters. The second-order valence-corrected chi connectivity index (χ2v) is 7.66. The van der Waals surface area contributed by atoms with E-state index >= 15 is 0 Å². The lowest BCUT2D eigenvalue weighted by Crippen LogP contribution is -2.49. The third kappa shape index (κ3) is 4.86. The number of rotatable bonds is 10. The highest BCUT2D eigenvalue weighted by Gasteiger charge is 2.29. The van der Waals surface area contributed by atoms with E-state index < -0.39 is 0 Å². The van der Waals surface area contributed by atoms with Crippen LogP contribution in [0.4, 0.5) is 0 Å². The van der Waals surface area contributed by atoms with Crippen molar-refractivity contribution in [2.75, 3.05) is 19.6 Å². The van der Waals surface area contributed by atoms with Crippen LogP contribution in [0, 0.1) is 5.92 Å². The normalized spacial score (nSPS) is 15.2. The van der Waals surface area contributed by atoms with Crippen LogP contribution in [-0.4, -0.2) is 41.3 Å². The molecule has 0 amide bonds. The number of carbonyl (C=O) groups is 2. The van der Waals surface area contributed by atoms with Gasteiger partial charge in [-0.1, -0.05) is 24.1 Å². The molecule has 0 atom stereocenters. The maximum absolute atomic E-state index is 12.2. The highest BCUT2D eigenvalue weighted by molar-refractivity contribution is 7.13. The molecule has 0 aromatic carbocycles. The van der Waals surface area contributed by atoms with Crippen molar-refractivity contribution in [3.8, 4) is 10.6 Å². The van der Waals surface area contributed by atoms with Gasteiger partial charge in [0.15, 0.2) is 11.5 Å². The van der Waals surface area contributed by atoms with Crippen LogP contribution in [0.25, 0.3) is 10.6 Å². The Morgan fingerprint density at radius 2 is 2.08 bits per heavy atom. The Bertz CT molecular complexity index is 702. The molecule has 25 heavy (non-hydrogen) atoms. The summed E-state index contributed by atoms with van der Waals surface area (Å²) in [5.41, 5.74) is 0.430. The van der Waals surface area contributed by atoms with Crippen LogP contribution < -0.4 is 0 Å². The molecule has 1 aliphatic heterocycles. The van der Waals surface area contributed by atoms with Gasteiger partial charge in [0.25, 0.3) is 0 Å². The number of unbranched alkanes of at least 4 members (excludes halogenated alkanes) is 3. The predicted molar refractivity (Wildman–Crippen MR) is 97.8 cm³/mol. The van der Waals surface area contributed by atoms with Crippen LogP contribution in [0.5, 0.6) is 0 Å². The van der Waals surface area contributed by atoms with Crippen molar-refractivity contribution < 1.29 is 14.1 Å². The summed E-state index contributed by atoms with van der Waals surface area (Å²) in [7, 11) is 0. The molecule has 1 saturated heterocycles. The SMILES string of the molecule is CC(=O)C1CN(CCCCCCC(=O)c2cc(-c3cccs3)on2)C1. The number of thiophene rings is 1. The van der Waals surface area contributed by atoms with Gasteiger partial charge in [0, 0.05) is 31.5 Å². The molecule has 0 bridgehead atoms. The van der Waals surface area contributed by atoms with Gasteiger partial charge < -0.3 is 9.42 Å². The molecule has 1 fully saturated rings. The smallest absolute Gasteiger partial charge is 0.184 e. The minimum atomic E-state index is 0.0543. The average Bonchev–Trinajstić information content (AvgIpc) is 3.22. The molecule has 3 rings (SSSR count). The maximum atomic E-state index is 12.2. The van der Waals surface area contributed by atoms with Gasteiger partial charge >= 0.3 is 0 Å². The van der Waals surface area contributed by atoms with Gasteiger partial charge in [-0.3, -0.25) is 9.59 Å². The van der Waals surface area contributed by atoms with Crippen molar-refractivity contribution >= 4 is 22.9 Å². The summed E-state index contributed by atoms with van der Waals surface area (Å²) in [6.45, 7) is 4.58. The van der Waals surface area contributed by atoms with Crippen molar-refractivity contribution in [3.63, 3.8) is 0 Å². The summed E-state index contributed by atoms with van der Waals surface area (Å²) in [4.78, 5) is 26.7. The van der Waals surface area contributed by atoms with Crippen LogP contribution in [-0.2, 0) is 4.79 Å². The van der Waals surface area contributed by atoms with Crippen molar-refractivity contribution in [3.05, 3.63) is 29.3 Å². The van der Waals surface area contributed by atoms with Gasteiger partial charge in [0.1, 0.15) is 11.5 Å². The van der Waals surface area contributed by atoms with Gasteiger partial charge in [0.05, 0.1) is 4.88 Å². The number of hydrogen-bond acceptors (Lipinski definition) is 6.